The van der Waals surface area contributed by atoms with Gasteiger partial charge in [-0.3, -0.25) is 4.79 Å². The summed E-state index contributed by atoms with van der Waals surface area (Å²) in [5.74, 6) is 1.93. The second kappa shape index (κ2) is 6.36. The molecule has 1 aliphatic rings. The van der Waals surface area contributed by atoms with Gasteiger partial charge in [0.15, 0.2) is 0 Å². The van der Waals surface area contributed by atoms with Crippen LogP contribution in [0.2, 0.25) is 0 Å². The number of rotatable bonds is 5. The Labute approximate surface area is 148 Å². The van der Waals surface area contributed by atoms with E-state index in [0.717, 1.165) is 22.2 Å². The summed E-state index contributed by atoms with van der Waals surface area (Å²) in [6, 6.07) is 16.3. The van der Waals surface area contributed by atoms with Gasteiger partial charge in [-0.2, -0.15) is 0 Å². The number of aryl methyl sites for hydroxylation is 1. The van der Waals surface area contributed by atoms with Crippen molar-refractivity contribution in [3.63, 3.8) is 0 Å². The summed E-state index contributed by atoms with van der Waals surface area (Å²) >= 11 is 0. The molecule has 1 saturated carbocycles. The van der Waals surface area contributed by atoms with Gasteiger partial charge in [-0.1, -0.05) is 36.4 Å². The number of hydrogen-bond acceptors (Lipinski definition) is 2. The van der Waals surface area contributed by atoms with E-state index >= 15 is 0 Å². The second-order valence-corrected chi connectivity index (χ2v) is 7.04. The lowest BCUT2D eigenvalue weighted by Crippen LogP contribution is -2.27. The monoisotopic (exact) mass is 333 g/mol. The fraction of sp³-hybridized carbons (Fsp3) is 0.333. The first kappa shape index (κ1) is 15.9. The van der Waals surface area contributed by atoms with Gasteiger partial charge in [0.05, 0.1) is 17.5 Å². The number of carbonyl (C=O) groups excluding carboxylic acids is 1. The van der Waals surface area contributed by atoms with Crippen LogP contribution in [0.4, 0.5) is 0 Å². The maximum atomic E-state index is 12.5. The van der Waals surface area contributed by atoms with Crippen molar-refractivity contribution in [2.45, 2.75) is 31.7 Å². The van der Waals surface area contributed by atoms with E-state index in [-0.39, 0.29) is 5.91 Å². The molecule has 4 heteroatoms. The lowest BCUT2D eigenvalue weighted by atomic mass is 10.1. The van der Waals surface area contributed by atoms with Crippen molar-refractivity contribution in [1.29, 1.82) is 0 Å². The minimum Gasteiger partial charge on any atom is -0.341 e. The number of nitrogens with zero attached hydrogens (tertiary/aromatic N) is 3. The molecule has 1 heterocycles. The van der Waals surface area contributed by atoms with Crippen LogP contribution in [-0.4, -0.2) is 27.4 Å². The van der Waals surface area contributed by atoms with Gasteiger partial charge < -0.3 is 9.47 Å². The van der Waals surface area contributed by atoms with Crippen LogP contribution in [0.15, 0.2) is 48.5 Å². The Balaban J connectivity index is 1.49. The summed E-state index contributed by atoms with van der Waals surface area (Å²) in [6.45, 7) is 0.636. The average Bonchev–Trinajstić information content (AvgIpc) is 3.40. The van der Waals surface area contributed by atoms with Crippen LogP contribution in [-0.2, 0) is 24.8 Å². The average molecular weight is 333 g/mol. The largest absolute Gasteiger partial charge is 0.341 e. The molecule has 0 spiro atoms. The highest BCUT2D eigenvalue weighted by atomic mass is 16.2. The first-order valence-electron chi connectivity index (χ1n) is 8.85. The Morgan fingerprint density at radius 3 is 2.64 bits per heavy atom. The number of hydrogen-bond donors (Lipinski definition) is 0. The molecule has 0 radical (unpaired) electrons. The van der Waals surface area contributed by atoms with Crippen molar-refractivity contribution in [3.8, 4) is 0 Å². The number of amides is 1. The van der Waals surface area contributed by atoms with E-state index in [4.69, 9.17) is 4.98 Å². The Hall–Kier alpha value is -2.62. The molecule has 0 unspecified atom stereocenters. The van der Waals surface area contributed by atoms with Crippen LogP contribution in [0.5, 0.6) is 0 Å². The minimum absolute atomic E-state index is 0.126. The Morgan fingerprint density at radius 2 is 1.92 bits per heavy atom. The van der Waals surface area contributed by atoms with Gasteiger partial charge >= 0.3 is 0 Å². The fourth-order valence-electron chi connectivity index (χ4n) is 3.34. The smallest absolute Gasteiger partial charge is 0.227 e. The van der Waals surface area contributed by atoms with E-state index in [2.05, 4.69) is 29.8 Å². The molecule has 0 bridgehead atoms. The zero-order chi connectivity index (χ0) is 17.4. The number of likely N-dealkylation sites (N-methyl/N-ethyl adjacent to an activating group) is 1. The molecule has 0 saturated heterocycles. The lowest BCUT2D eigenvalue weighted by molar-refractivity contribution is -0.129. The van der Waals surface area contributed by atoms with Crippen molar-refractivity contribution in [3.05, 3.63) is 65.5 Å². The molecule has 4 nitrogen and oxygen atoms in total. The van der Waals surface area contributed by atoms with Gasteiger partial charge in [0.25, 0.3) is 0 Å². The third-order valence-corrected chi connectivity index (χ3v) is 4.97. The highest BCUT2D eigenvalue weighted by Crippen LogP contribution is 2.40. The summed E-state index contributed by atoms with van der Waals surface area (Å²) in [5.41, 5.74) is 4.32. The summed E-state index contributed by atoms with van der Waals surface area (Å²) in [5, 5.41) is 0. The summed E-state index contributed by atoms with van der Waals surface area (Å²) in [4.78, 5) is 19.1. The molecule has 0 aliphatic heterocycles. The van der Waals surface area contributed by atoms with Crippen molar-refractivity contribution in [2.75, 3.05) is 7.05 Å². The van der Waals surface area contributed by atoms with Crippen LogP contribution >= 0.6 is 0 Å². The molecule has 2 aromatic carbocycles. The molecule has 1 aromatic heterocycles. The molecule has 25 heavy (non-hydrogen) atoms. The predicted octanol–water partition coefficient (Wildman–Crippen LogP) is 3.65. The van der Waals surface area contributed by atoms with E-state index in [1.165, 1.54) is 18.7 Å². The molecule has 1 amide bonds. The van der Waals surface area contributed by atoms with Crippen molar-refractivity contribution >= 4 is 16.9 Å². The molecule has 1 fully saturated rings. The lowest BCUT2D eigenvalue weighted by Gasteiger charge is -2.17. The van der Waals surface area contributed by atoms with E-state index in [0.29, 0.717) is 18.9 Å². The number of aromatic nitrogens is 2. The number of fused-ring (bicyclic) bond motifs is 1. The van der Waals surface area contributed by atoms with E-state index in [1.54, 1.807) is 4.90 Å². The molecule has 0 atom stereocenters. The topological polar surface area (TPSA) is 38.1 Å². The van der Waals surface area contributed by atoms with Crippen LogP contribution < -0.4 is 0 Å². The van der Waals surface area contributed by atoms with E-state index in [9.17, 15) is 4.79 Å². The van der Waals surface area contributed by atoms with Crippen LogP contribution in [0.1, 0.15) is 35.7 Å². The first-order chi connectivity index (χ1) is 12.1. The first-order valence-corrected chi connectivity index (χ1v) is 8.85. The van der Waals surface area contributed by atoms with Gasteiger partial charge in [0.2, 0.25) is 5.91 Å². The van der Waals surface area contributed by atoms with Gasteiger partial charge in [-0.15, -0.1) is 0 Å². The standard InChI is InChI=1S/C21H23N3O/c1-23(14-15-6-4-3-5-7-15)20(25)13-16-8-11-19-18(12-16)22-21(24(19)2)17-9-10-17/h3-8,11-12,17H,9-10,13-14H2,1-2H3. The van der Waals surface area contributed by atoms with Crippen LogP contribution in [0.25, 0.3) is 11.0 Å². The summed E-state index contributed by atoms with van der Waals surface area (Å²) < 4.78 is 2.19. The van der Waals surface area contributed by atoms with Crippen molar-refractivity contribution < 1.29 is 4.79 Å². The maximum Gasteiger partial charge on any atom is 0.227 e. The molecule has 3 aromatic rings. The quantitative estimate of drug-likeness (QED) is 0.715. The number of benzene rings is 2. The van der Waals surface area contributed by atoms with Gasteiger partial charge in [-0.05, 0) is 36.1 Å². The Bertz CT molecular complexity index is 910. The van der Waals surface area contributed by atoms with Gasteiger partial charge in [0, 0.05) is 26.6 Å². The normalized spacial score (nSPS) is 14.0. The zero-order valence-electron chi connectivity index (χ0n) is 14.8. The minimum atomic E-state index is 0.126. The fourth-order valence-corrected chi connectivity index (χ4v) is 3.34. The zero-order valence-corrected chi connectivity index (χ0v) is 14.8. The SMILES string of the molecule is CN(Cc1ccccc1)C(=O)Cc1ccc2c(c1)nc(C1CC1)n2C. The Kier molecular flexibility index (Phi) is 4.04. The van der Waals surface area contributed by atoms with Crippen LogP contribution in [0.3, 0.4) is 0 Å². The van der Waals surface area contributed by atoms with E-state index in [1.807, 2.05) is 37.4 Å². The number of imidazole rings is 1. The van der Waals surface area contributed by atoms with Gasteiger partial charge in [-0.25, -0.2) is 4.98 Å². The molecule has 1 aliphatic carbocycles. The Morgan fingerprint density at radius 1 is 1.16 bits per heavy atom. The molecular formula is C21H23N3O. The summed E-state index contributed by atoms with van der Waals surface area (Å²) in [7, 11) is 3.95. The maximum absolute atomic E-state index is 12.5. The third-order valence-electron chi connectivity index (χ3n) is 4.97. The third kappa shape index (κ3) is 3.29. The van der Waals surface area contributed by atoms with E-state index < -0.39 is 0 Å². The second-order valence-electron chi connectivity index (χ2n) is 7.04. The molecule has 0 N–H and O–H groups in total. The highest BCUT2D eigenvalue weighted by Gasteiger charge is 2.28. The summed E-state index contributed by atoms with van der Waals surface area (Å²) in [6.07, 6.45) is 2.90. The van der Waals surface area contributed by atoms with Crippen molar-refractivity contribution in [2.24, 2.45) is 7.05 Å². The highest BCUT2D eigenvalue weighted by molar-refractivity contribution is 5.82. The number of carbonyl (C=O) groups is 1. The van der Waals surface area contributed by atoms with Gasteiger partial charge in [0.1, 0.15) is 5.82 Å². The molecular weight excluding hydrogens is 310 g/mol. The predicted molar refractivity (Wildman–Crippen MR) is 99.3 cm³/mol. The molecule has 128 valence electrons. The molecule has 4 rings (SSSR count). The van der Waals surface area contributed by atoms with Crippen LogP contribution in [0, 0.1) is 0 Å². The van der Waals surface area contributed by atoms with Crippen molar-refractivity contribution in [1.82, 2.24) is 14.5 Å².